The molecular formula is C24H24N3O+. The third-order valence-corrected chi connectivity index (χ3v) is 5.07. The number of aromatic hydroxyl groups is 1. The van der Waals surface area contributed by atoms with Crippen LogP contribution in [0.5, 0.6) is 5.75 Å². The summed E-state index contributed by atoms with van der Waals surface area (Å²) in [6, 6.07) is 20.0. The number of H-pyrrole nitrogens is 1. The van der Waals surface area contributed by atoms with E-state index in [-0.39, 0.29) is 11.8 Å². The minimum atomic E-state index is -0.217. The van der Waals surface area contributed by atoms with E-state index >= 15 is 0 Å². The summed E-state index contributed by atoms with van der Waals surface area (Å²) in [5.41, 5.74) is 5.78. The molecule has 28 heavy (non-hydrogen) atoms. The third kappa shape index (κ3) is 3.41. The van der Waals surface area contributed by atoms with Gasteiger partial charge in [-0.2, -0.15) is 0 Å². The number of anilines is 1. The lowest BCUT2D eigenvalue weighted by Crippen LogP contribution is -2.19. The molecule has 2 heterocycles. The predicted octanol–water partition coefficient (Wildman–Crippen LogP) is 4.88. The Balaban J connectivity index is 1.91. The Morgan fingerprint density at radius 2 is 1.75 bits per heavy atom. The van der Waals surface area contributed by atoms with Crippen molar-refractivity contribution in [2.75, 3.05) is 5.32 Å². The van der Waals surface area contributed by atoms with Crippen molar-refractivity contribution in [2.45, 2.75) is 26.8 Å². The highest BCUT2D eigenvalue weighted by Crippen LogP contribution is 2.37. The van der Waals surface area contributed by atoms with E-state index in [2.05, 4.69) is 47.3 Å². The van der Waals surface area contributed by atoms with Crippen LogP contribution in [0.1, 0.15) is 34.0 Å². The van der Waals surface area contributed by atoms with E-state index in [4.69, 9.17) is 0 Å². The molecule has 2 aromatic carbocycles. The summed E-state index contributed by atoms with van der Waals surface area (Å²) >= 11 is 0. The van der Waals surface area contributed by atoms with Gasteiger partial charge in [0.15, 0.2) is 0 Å². The second kappa shape index (κ2) is 7.31. The van der Waals surface area contributed by atoms with Gasteiger partial charge in [-0.15, -0.1) is 0 Å². The van der Waals surface area contributed by atoms with Gasteiger partial charge in [0.25, 0.3) is 5.82 Å². The fourth-order valence-corrected chi connectivity index (χ4v) is 3.55. The second-order valence-electron chi connectivity index (χ2n) is 7.24. The highest BCUT2D eigenvalue weighted by Gasteiger charge is 2.25. The maximum Gasteiger partial charge on any atom is 0.272 e. The molecule has 0 radical (unpaired) electrons. The van der Waals surface area contributed by atoms with Crippen LogP contribution in [-0.2, 0) is 0 Å². The lowest BCUT2D eigenvalue weighted by molar-refractivity contribution is -0.361. The molecule has 4 heteroatoms. The summed E-state index contributed by atoms with van der Waals surface area (Å²) in [5.74, 6) is 1.10. The second-order valence-corrected chi connectivity index (χ2v) is 7.24. The largest absolute Gasteiger partial charge is 0.505 e. The molecule has 0 amide bonds. The number of pyridine rings is 2. The first-order valence-corrected chi connectivity index (χ1v) is 9.42. The molecule has 3 N–H and O–H groups in total. The van der Waals surface area contributed by atoms with E-state index in [0.29, 0.717) is 5.52 Å². The van der Waals surface area contributed by atoms with Gasteiger partial charge in [0.1, 0.15) is 17.3 Å². The Kier molecular flexibility index (Phi) is 4.70. The molecule has 4 rings (SSSR count). The van der Waals surface area contributed by atoms with Gasteiger partial charge in [-0.3, -0.25) is 5.32 Å². The summed E-state index contributed by atoms with van der Waals surface area (Å²) in [6.45, 7) is 6.11. The normalized spacial score (nSPS) is 12.1. The average Bonchev–Trinajstić information content (AvgIpc) is 2.70. The molecule has 2 aromatic heterocycles. The highest BCUT2D eigenvalue weighted by atomic mass is 16.3. The standard InChI is InChI=1S/C24H23N3O/c1-15-7-8-16(2)20(14-15)23(27-21-6-4-5-13-25-21)19-12-11-18-10-9-17(3)26-22(18)24(19)28/h4-14,23,28H,1-3H3,(H,25,27)/p+1/t23-/m1/s1. The van der Waals surface area contributed by atoms with E-state index in [9.17, 15) is 5.11 Å². The van der Waals surface area contributed by atoms with Gasteiger partial charge in [0, 0.05) is 28.3 Å². The smallest absolute Gasteiger partial charge is 0.272 e. The Morgan fingerprint density at radius 3 is 2.54 bits per heavy atom. The molecular weight excluding hydrogens is 346 g/mol. The van der Waals surface area contributed by atoms with Crippen molar-refractivity contribution in [1.29, 1.82) is 0 Å². The zero-order valence-corrected chi connectivity index (χ0v) is 16.3. The molecule has 4 aromatic rings. The molecule has 140 valence electrons. The van der Waals surface area contributed by atoms with E-state index in [1.807, 2.05) is 55.6 Å². The number of aromatic nitrogens is 2. The highest BCUT2D eigenvalue weighted by molar-refractivity contribution is 5.86. The molecule has 0 saturated heterocycles. The van der Waals surface area contributed by atoms with Crippen molar-refractivity contribution in [2.24, 2.45) is 0 Å². The number of aromatic amines is 1. The van der Waals surface area contributed by atoms with Crippen LogP contribution in [0, 0.1) is 20.8 Å². The summed E-state index contributed by atoms with van der Waals surface area (Å²) in [6.07, 6.45) is 1.88. The van der Waals surface area contributed by atoms with Crippen molar-refractivity contribution in [3.8, 4) is 5.75 Å². The number of phenolic OH excluding ortho intramolecular Hbond substituents is 1. The fraction of sp³-hybridized carbons (Fsp3) is 0.167. The van der Waals surface area contributed by atoms with Crippen LogP contribution in [0.25, 0.3) is 10.9 Å². The Hall–Kier alpha value is -3.40. The maximum absolute atomic E-state index is 11.1. The van der Waals surface area contributed by atoms with Crippen LogP contribution < -0.4 is 10.3 Å². The number of rotatable bonds is 4. The number of hydrogen-bond donors (Lipinski definition) is 2. The summed E-state index contributed by atoms with van der Waals surface area (Å²) in [5, 5.41) is 15.6. The van der Waals surface area contributed by atoms with Crippen LogP contribution in [0.15, 0.2) is 66.9 Å². The molecule has 0 bridgehead atoms. The van der Waals surface area contributed by atoms with E-state index in [0.717, 1.165) is 33.6 Å². The summed E-state index contributed by atoms with van der Waals surface area (Å²) < 4.78 is 0. The van der Waals surface area contributed by atoms with Gasteiger partial charge < -0.3 is 5.11 Å². The molecule has 0 spiro atoms. The Labute approximate surface area is 164 Å². The van der Waals surface area contributed by atoms with Gasteiger partial charge >= 0.3 is 0 Å². The first-order valence-electron chi connectivity index (χ1n) is 9.42. The van der Waals surface area contributed by atoms with E-state index in [1.54, 1.807) is 0 Å². The molecule has 4 nitrogen and oxygen atoms in total. The molecule has 1 atom stereocenters. The van der Waals surface area contributed by atoms with Crippen LogP contribution in [0.2, 0.25) is 0 Å². The first kappa shape index (κ1) is 18.0. The fourth-order valence-electron chi connectivity index (χ4n) is 3.55. The van der Waals surface area contributed by atoms with Crippen molar-refractivity contribution >= 4 is 16.7 Å². The number of nitrogens with one attached hydrogen (secondary N) is 2. The lowest BCUT2D eigenvalue weighted by atomic mass is 9.92. The van der Waals surface area contributed by atoms with Gasteiger partial charge in [-0.25, -0.2) is 9.97 Å². The average molecular weight is 370 g/mol. The molecule has 0 fully saturated rings. The van der Waals surface area contributed by atoms with Crippen molar-refractivity contribution in [1.82, 2.24) is 4.98 Å². The van der Waals surface area contributed by atoms with Crippen molar-refractivity contribution in [3.05, 3.63) is 94.8 Å². The SMILES string of the molecule is Cc1ccc(C)c([C@H](Nc2cccc[nH+]2)c2ccc3ccc(C)nc3c2O)c1. The number of fused-ring (bicyclic) bond motifs is 1. The third-order valence-electron chi connectivity index (χ3n) is 5.07. The zero-order valence-electron chi connectivity index (χ0n) is 16.3. The minimum absolute atomic E-state index is 0.217. The maximum atomic E-state index is 11.1. The molecule has 0 aliphatic rings. The van der Waals surface area contributed by atoms with Gasteiger partial charge in [-0.05, 0) is 44.5 Å². The van der Waals surface area contributed by atoms with Crippen LogP contribution in [0.3, 0.4) is 0 Å². The first-order chi connectivity index (χ1) is 13.5. The number of nitrogens with zero attached hydrogens (tertiary/aromatic N) is 1. The van der Waals surface area contributed by atoms with Crippen molar-refractivity contribution in [3.63, 3.8) is 0 Å². The topological polar surface area (TPSA) is 59.3 Å². The quantitative estimate of drug-likeness (QED) is 0.538. The van der Waals surface area contributed by atoms with Crippen molar-refractivity contribution < 1.29 is 10.1 Å². The van der Waals surface area contributed by atoms with E-state index < -0.39 is 0 Å². The van der Waals surface area contributed by atoms with E-state index in [1.165, 1.54) is 5.56 Å². The van der Waals surface area contributed by atoms with Crippen LogP contribution >= 0.6 is 0 Å². The molecule has 0 aliphatic heterocycles. The number of aryl methyl sites for hydroxylation is 3. The number of hydrogen-bond acceptors (Lipinski definition) is 3. The van der Waals surface area contributed by atoms with Gasteiger partial charge in [-0.1, -0.05) is 42.0 Å². The molecule has 0 unspecified atom stereocenters. The Morgan fingerprint density at radius 1 is 0.929 bits per heavy atom. The summed E-state index contributed by atoms with van der Waals surface area (Å²) in [4.78, 5) is 7.80. The van der Waals surface area contributed by atoms with Gasteiger partial charge in [0.2, 0.25) is 0 Å². The number of benzene rings is 2. The molecule has 0 aliphatic carbocycles. The Bertz CT molecular complexity index is 1140. The number of phenols is 1. The summed E-state index contributed by atoms with van der Waals surface area (Å²) in [7, 11) is 0. The minimum Gasteiger partial charge on any atom is -0.505 e. The predicted molar refractivity (Wildman–Crippen MR) is 113 cm³/mol. The van der Waals surface area contributed by atoms with Crippen LogP contribution in [-0.4, -0.2) is 10.1 Å². The molecule has 0 saturated carbocycles. The zero-order chi connectivity index (χ0) is 19.7. The van der Waals surface area contributed by atoms with Crippen LogP contribution in [0.4, 0.5) is 5.82 Å². The lowest BCUT2D eigenvalue weighted by Gasteiger charge is -2.20. The monoisotopic (exact) mass is 370 g/mol. The van der Waals surface area contributed by atoms with Gasteiger partial charge in [0.05, 0.1) is 6.20 Å².